The maximum absolute atomic E-state index is 12.1. The molecular formula is C19H25ClN2O2. The molecule has 1 aliphatic carbocycles. The monoisotopic (exact) mass is 348 g/mol. The molecular weight excluding hydrogens is 324 g/mol. The van der Waals surface area contributed by atoms with Crippen molar-refractivity contribution in [2.75, 3.05) is 32.7 Å². The Bertz CT molecular complexity index is 634. The second-order valence-corrected chi connectivity index (χ2v) is 8.39. The number of carboxylic acid groups (broad SMARTS) is 1. The van der Waals surface area contributed by atoms with Crippen LogP contribution in [0.5, 0.6) is 0 Å². The van der Waals surface area contributed by atoms with Crippen molar-refractivity contribution in [1.82, 2.24) is 9.80 Å². The third kappa shape index (κ3) is 2.96. The van der Waals surface area contributed by atoms with E-state index in [1.54, 1.807) is 0 Å². The van der Waals surface area contributed by atoms with Gasteiger partial charge in [0.25, 0.3) is 0 Å². The molecule has 0 amide bonds. The number of nitrogens with zero attached hydrogens (tertiary/aromatic N) is 2. The topological polar surface area (TPSA) is 43.8 Å². The first kappa shape index (κ1) is 16.4. The summed E-state index contributed by atoms with van der Waals surface area (Å²) in [7, 11) is 0. The number of benzene rings is 1. The Morgan fingerprint density at radius 1 is 1.25 bits per heavy atom. The predicted octanol–water partition coefficient (Wildman–Crippen LogP) is 2.96. The summed E-state index contributed by atoms with van der Waals surface area (Å²) in [5.74, 6) is 0.434. The summed E-state index contributed by atoms with van der Waals surface area (Å²) >= 11 is 6.07. The van der Waals surface area contributed by atoms with Gasteiger partial charge in [-0.15, -0.1) is 0 Å². The van der Waals surface area contributed by atoms with Gasteiger partial charge in [0.2, 0.25) is 0 Å². The zero-order valence-electron chi connectivity index (χ0n) is 14.0. The molecule has 3 aliphatic rings. The van der Waals surface area contributed by atoms with E-state index in [0.29, 0.717) is 6.54 Å². The Hall–Kier alpha value is -1.10. The van der Waals surface area contributed by atoms with E-state index in [0.717, 1.165) is 49.2 Å². The normalized spacial score (nSPS) is 31.1. The molecule has 2 saturated heterocycles. The van der Waals surface area contributed by atoms with Gasteiger partial charge in [0, 0.05) is 50.2 Å². The van der Waals surface area contributed by atoms with Crippen LogP contribution >= 0.6 is 11.6 Å². The Labute approximate surface area is 148 Å². The van der Waals surface area contributed by atoms with E-state index in [2.05, 4.69) is 15.9 Å². The van der Waals surface area contributed by atoms with Gasteiger partial charge in [0.1, 0.15) is 0 Å². The summed E-state index contributed by atoms with van der Waals surface area (Å²) in [6.07, 6.45) is 3.99. The third-order valence-electron chi connectivity index (χ3n) is 6.21. The molecule has 2 aliphatic heterocycles. The first-order valence-electron chi connectivity index (χ1n) is 8.98. The smallest absolute Gasteiger partial charge is 0.312 e. The number of halogens is 1. The summed E-state index contributed by atoms with van der Waals surface area (Å²) in [4.78, 5) is 16.8. The molecule has 0 unspecified atom stereocenters. The first-order chi connectivity index (χ1) is 11.5. The molecule has 1 aromatic carbocycles. The van der Waals surface area contributed by atoms with Crippen LogP contribution in [0.4, 0.5) is 0 Å². The maximum atomic E-state index is 12.1. The van der Waals surface area contributed by atoms with Crippen molar-refractivity contribution in [3.63, 3.8) is 0 Å². The molecule has 0 aromatic heterocycles. The molecule has 3 fully saturated rings. The second kappa shape index (κ2) is 6.32. The average molecular weight is 349 g/mol. The SMILES string of the molecule is O=C(O)[C@]12CN(Cc3cccc(Cl)c3)C[C@H]1CN(CC1CCC1)C2. The van der Waals surface area contributed by atoms with Gasteiger partial charge in [0.15, 0.2) is 0 Å². The van der Waals surface area contributed by atoms with E-state index in [1.165, 1.54) is 19.3 Å². The molecule has 1 N–H and O–H groups in total. The van der Waals surface area contributed by atoms with Crippen molar-refractivity contribution in [2.45, 2.75) is 25.8 Å². The predicted molar refractivity (Wildman–Crippen MR) is 94.1 cm³/mol. The Kier molecular flexibility index (Phi) is 4.31. The lowest BCUT2D eigenvalue weighted by atomic mass is 9.81. The van der Waals surface area contributed by atoms with Crippen molar-refractivity contribution in [3.05, 3.63) is 34.9 Å². The second-order valence-electron chi connectivity index (χ2n) is 7.95. The van der Waals surface area contributed by atoms with Gasteiger partial charge in [-0.1, -0.05) is 30.2 Å². The van der Waals surface area contributed by atoms with Gasteiger partial charge in [-0.25, -0.2) is 0 Å². The third-order valence-corrected chi connectivity index (χ3v) is 6.45. The van der Waals surface area contributed by atoms with Crippen molar-refractivity contribution >= 4 is 17.6 Å². The lowest BCUT2D eigenvalue weighted by molar-refractivity contribution is -0.149. The Morgan fingerprint density at radius 2 is 2.00 bits per heavy atom. The fourth-order valence-electron chi connectivity index (χ4n) is 4.77. The lowest BCUT2D eigenvalue weighted by Gasteiger charge is -2.31. The van der Waals surface area contributed by atoms with Crippen molar-refractivity contribution in [3.8, 4) is 0 Å². The number of carbonyl (C=O) groups is 1. The molecule has 4 rings (SSSR count). The number of carboxylic acids is 1. The number of fused-ring (bicyclic) bond motifs is 1. The minimum atomic E-state index is -0.614. The van der Waals surface area contributed by atoms with Crippen LogP contribution < -0.4 is 0 Å². The fourth-order valence-corrected chi connectivity index (χ4v) is 4.98. The number of hydrogen-bond donors (Lipinski definition) is 1. The largest absolute Gasteiger partial charge is 0.481 e. The zero-order valence-corrected chi connectivity index (χ0v) is 14.7. The number of likely N-dealkylation sites (tertiary alicyclic amines) is 2. The van der Waals surface area contributed by atoms with Crippen LogP contribution in [-0.2, 0) is 11.3 Å². The van der Waals surface area contributed by atoms with Crippen LogP contribution in [-0.4, -0.2) is 53.6 Å². The summed E-state index contributed by atoms with van der Waals surface area (Å²) in [5, 5.41) is 10.7. The fraction of sp³-hybridized carbons (Fsp3) is 0.632. The van der Waals surface area contributed by atoms with Crippen molar-refractivity contribution in [2.24, 2.45) is 17.3 Å². The number of aliphatic carboxylic acids is 1. The zero-order chi connectivity index (χ0) is 16.7. The van der Waals surface area contributed by atoms with Gasteiger partial charge < -0.3 is 10.0 Å². The van der Waals surface area contributed by atoms with E-state index in [-0.39, 0.29) is 5.92 Å². The molecule has 1 aromatic rings. The summed E-state index contributed by atoms with van der Waals surface area (Å²) in [5.41, 5.74) is 0.580. The molecule has 5 heteroatoms. The highest BCUT2D eigenvalue weighted by atomic mass is 35.5. The van der Waals surface area contributed by atoms with Crippen LogP contribution in [0, 0.1) is 17.3 Å². The summed E-state index contributed by atoms with van der Waals surface area (Å²) in [6.45, 7) is 5.07. The van der Waals surface area contributed by atoms with E-state index in [9.17, 15) is 9.90 Å². The number of rotatable bonds is 5. The van der Waals surface area contributed by atoms with E-state index in [4.69, 9.17) is 11.6 Å². The highest BCUT2D eigenvalue weighted by molar-refractivity contribution is 6.30. The molecule has 2 atom stereocenters. The first-order valence-corrected chi connectivity index (χ1v) is 9.35. The quantitative estimate of drug-likeness (QED) is 0.888. The van der Waals surface area contributed by atoms with Gasteiger partial charge >= 0.3 is 5.97 Å². The molecule has 0 radical (unpaired) electrons. The molecule has 0 spiro atoms. The molecule has 24 heavy (non-hydrogen) atoms. The van der Waals surface area contributed by atoms with Gasteiger partial charge in [-0.05, 0) is 36.5 Å². The molecule has 2 heterocycles. The van der Waals surface area contributed by atoms with Crippen LogP contribution in [0.2, 0.25) is 5.02 Å². The highest BCUT2D eigenvalue weighted by Crippen LogP contribution is 2.44. The highest BCUT2D eigenvalue weighted by Gasteiger charge is 2.57. The minimum Gasteiger partial charge on any atom is -0.481 e. The van der Waals surface area contributed by atoms with Crippen LogP contribution in [0.15, 0.2) is 24.3 Å². The Morgan fingerprint density at radius 3 is 2.62 bits per heavy atom. The minimum absolute atomic E-state index is 0.245. The maximum Gasteiger partial charge on any atom is 0.312 e. The lowest BCUT2D eigenvalue weighted by Crippen LogP contribution is -2.41. The van der Waals surface area contributed by atoms with Crippen molar-refractivity contribution < 1.29 is 9.90 Å². The summed E-state index contributed by atoms with van der Waals surface area (Å²) in [6, 6.07) is 7.88. The van der Waals surface area contributed by atoms with Crippen LogP contribution in [0.1, 0.15) is 24.8 Å². The van der Waals surface area contributed by atoms with E-state index < -0.39 is 11.4 Å². The molecule has 0 bridgehead atoms. The van der Waals surface area contributed by atoms with Crippen LogP contribution in [0.3, 0.4) is 0 Å². The average Bonchev–Trinajstić information content (AvgIpc) is 2.97. The molecule has 4 nitrogen and oxygen atoms in total. The summed E-state index contributed by atoms with van der Waals surface area (Å²) < 4.78 is 0. The molecule has 1 saturated carbocycles. The van der Waals surface area contributed by atoms with Gasteiger partial charge in [-0.2, -0.15) is 0 Å². The van der Waals surface area contributed by atoms with E-state index >= 15 is 0 Å². The van der Waals surface area contributed by atoms with Crippen molar-refractivity contribution in [1.29, 1.82) is 0 Å². The van der Waals surface area contributed by atoms with Gasteiger partial charge in [-0.3, -0.25) is 9.69 Å². The Balaban J connectivity index is 1.43. The van der Waals surface area contributed by atoms with Gasteiger partial charge in [0.05, 0.1) is 5.41 Å². The van der Waals surface area contributed by atoms with Crippen LogP contribution in [0.25, 0.3) is 0 Å². The standard InChI is InChI=1S/C19H25ClN2O2/c20-17-6-2-5-15(7-17)9-22-11-16-10-21(8-14-3-1-4-14)12-19(16,13-22)18(23)24/h2,5-7,14,16H,1,3-4,8-13H2,(H,23,24)/t16-,19-/m1/s1. The number of hydrogen-bond acceptors (Lipinski definition) is 3. The van der Waals surface area contributed by atoms with E-state index in [1.807, 2.05) is 18.2 Å². The molecule has 130 valence electrons.